The first-order valence-electron chi connectivity index (χ1n) is 13.0. The van der Waals surface area contributed by atoms with Gasteiger partial charge in [-0.15, -0.1) is 5.10 Å². The minimum absolute atomic E-state index is 0.0318. The molecule has 2 bridgehead atoms. The largest absolute Gasteiger partial charge is 0.476 e. The smallest absolute Gasteiger partial charge is 0.240 e. The van der Waals surface area contributed by atoms with Crippen LogP contribution in [0.15, 0.2) is 12.4 Å². The van der Waals surface area contributed by atoms with Crippen LogP contribution in [0.25, 0.3) is 28.9 Å². The van der Waals surface area contributed by atoms with Crippen LogP contribution in [0, 0.1) is 13.8 Å². The molecule has 0 amide bonds. The molecular weight excluding hydrogens is 484 g/mol. The minimum Gasteiger partial charge on any atom is -0.476 e. The van der Waals surface area contributed by atoms with Crippen LogP contribution in [-0.4, -0.2) is 76.8 Å². The Morgan fingerprint density at radius 3 is 2.74 bits per heavy atom. The van der Waals surface area contributed by atoms with Gasteiger partial charge >= 0.3 is 0 Å². The second-order valence-corrected chi connectivity index (χ2v) is 10.00. The molecule has 5 heterocycles. The molecule has 0 radical (unpaired) electrons. The van der Waals surface area contributed by atoms with Crippen molar-refractivity contribution < 1.29 is 14.6 Å². The summed E-state index contributed by atoms with van der Waals surface area (Å²) in [5.41, 5.74) is 6.08. The van der Waals surface area contributed by atoms with E-state index in [0.717, 1.165) is 45.2 Å². The van der Waals surface area contributed by atoms with E-state index in [1.165, 1.54) is 0 Å². The molecule has 11 heteroatoms. The number of imidazole rings is 1. The molecule has 11 nitrogen and oxygen atoms in total. The van der Waals surface area contributed by atoms with Crippen LogP contribution >= 0.6 is 0 Å². The zero-order valence-electron chi connectivity index (χ0n) is 23.1. The highest BCUT2D eigenvalue weighted by Gasteiger charge is 2.25. The second-order valence-electron chi connectivity index (χ2n) is 10.00. The van der Waals surface area contributed by atoms with Crippen molar-refractivity contribution in [3.8, 4) is 23.0 Å². The molecule has 5 rings (SSSR count). The van der Waals surface area contributed by atoms with Gasteiger partial charge < -0.3 is 14.6 Å². The average molecular weight is 521 g/mol. The molecule has 4 aromatic rings. The lowest BCUT2D eigenvalue weighted by atomic mass is 10.1. The van der Waals surface area contributed by atoms with E-state index in [1.54, 1.807) is 11.0 Å². The van der Waals surface area contributed by atoms with Gasteiger partial charge in [0.25, 0.3) is 0 Å². The first-order valence-corrected chi connectivity index (χ1v) is 13.0. The third kappa shape index (κ3) is 4.56. The molecule has 0 spiro atoms. The molecule has 38 heavy (non-hydrogen) atoms. The van der Waals surface area contributed by atoms with E-state index in [-0.39, 0.29) is 18.8 Å². The van der Waals surface area contributed by atoms with E-state index in [2.05, 4.69) is 24.0 Å². The lowest BCUT2D eigenvalue weighted by molar-refractivity contribution is 0.145. The standard InChI is InChI=1S/C27H36N8O3/c1-8-37-26-20-9-10-21-23-11-22(29-19(5)34(23)15-28-21)25-18(4)30-33(7)27(25)38-17(3)12-32(6)13-24(20)35(31-26)16(2)14-36/h9-11,15-17,36H,8,12-14H2,1-7H3/b10-9+/t16-,17-/m0/s1. The first-order chi connectivity index (χ1) is 18.2. The quantitative estimate of drug-likeness (QED) is 0.437. The van der Waals surface area contributed by atoms with Gasteiger partial charge in [0.1, 0.15) is 18.3 Å². The van der Waals surface area contributed by atoms with Crippen LogP contribution in [0.1, 0.15) is 55.3 Å². The number of ether oxygens (including phenoxy) is 2. The minimum atomic E-state index is -0.208. The van der Waals surface area contributed by atoms with Crippen molar-refractivity contribution in [3.05, 3.63) is 40.9 Å². The second kappa shape index (κ2) is 10.2. The fourth-order valence-electron chi connectivity index (χ4n) is 5.11. The molecule has 1 N–H and O–H groups in total. The number of fused-ring (bicyclic) bond motifs is 4. The lowest BCUT2D eigenvalue weighted by Gasteiger charge is -2.24. The Kier molecular flexibility index (Phi) is 6.97. The highest BCUT2D eigenvalue weighted by Crippen LogP contribution is 2.35. The number of hydrogen-bond acceptors (Lipinski definition) is 8. The number of hydrogen-bond donors (Lipinski definition) is 1. The summed E-state index contributed by atoms with van der Waals surface area (Å²) >= 11 is 0. The maximum atomic E-state index is 9.96. The molecule has 4 aromatic heterocycles. The van der Waals surface area contributed by atoms with E-state index in [4.69, 9.17) is 24.5 Å². The maximum absolute atomic E-state index is 9.96. The molecular formula is C27H36N8O3. The number of nitrogens with zero attached hydrogens (tertiary/aromatic N) is 8. The summed E-state index contributed by atoms with van der Waals surface area (Å²) in [6.45, 7) is 11.6. The van der Waals surface area contributed by atoms with Gasteiger partial charge in [0.2, 0.25) is 11.8 Å². The Labute approximate surface area is 222 Å². The number of aryl methyl sites for hydroxylation is 3. The zero-order valence-corrected chi connectivity index (χ0v) is 23.1. The summed E-state index contributed by atoms with van der Waals surface area (Å²) in [4.78, 5) is 11.8. The molecule has 202 valence electrons. The van der Waals surface area contributed by atoms with Crippen molar-refractivity contribution in [2.75, 3.05) is 26.8 Å². The van der Waals surface area contributed by atoms with Crippen molar-refractivity contribution in [1.82, 2.24) is 38.8 Å². The monoisotopic (exact) mass is 520 g/mol. The highest BCUT2D eigenvalue weighted by atomic mass is 16.5. The van der Waals surface area contributed by atoms with Gasteiger partial charge in [0, 0.05) is 20.1 Å². The van der Waals surface area contributed by atoms with E-state index in [0.29, 0.717) is 31.5 Å². The maximum Gasteiger partial charge on any atom is 0.240 e. The molecule has 0 saturated heterocycles. The number of aromatic nitrogens is 7. The Hall–Kier alpha value is -3.70. The molecule has 2 atom stereocenters. The van der Waals surface area contributed by atoms with Gasteiger partial charge in [0.15, 0.2) is 0 Å². The molecule has 1 aliphatic heterocycles. The summed E-state index contributed by atoms with van der Waals surface area (Å²) in [7, 11) is 3.94. The van der Waals surface area contributed by atoms with Crippen molar-refractivity contribution in [2.45, 2.75) is 53.3 Å². The first kappa shape index (κ1) is 25.9. The third-order valence-electron chi connectivity index (χ3n) is 6.85. The fraction of sp³-hybridized carbons (Fsp3) is 0.481. The van der Waals surface area contributed by atoms with Crippen molar-refractivity contribution in [1.29, 1.82) is 0 Å². The molecule has 1 aliphatic rings. The van der Waals surface area contributed by atoms with E-state index < -0.39 is 0 Å². The van der Waals surface area contributed by atoms with Gasteiger partial charge in [0.05, 0.1) is 58.7 Å². The van der Waals surface area contributed by atoms with E-state index >= 15 is 0 Å². The van der Waals surface area contributed by atoms with Gasteiger partial charge in [-0.1, -0.05) is 0 Å². The molecule has 0 fully saturated rings. The van der Waals surface area contributed by atoms with Crippen LogP contribution in [0.4, 0.5) is 0 Å². The topological polar surface area (TPSA) is 108 Å². The fourth-order valence-corrected chi connectivity index (χ4v) is 5.11. The molecule has 0 saturated carbocycles. The number of aliphatic hydroxyl groups is 1. The Morgan fingerprint density at radius 1 is 1.21 bits per heavy atom. The Bertz CT molecular complexity index is 1500. The van der Waals surface area contributed by atoms with Crippen molar-refractivity contribution in [3.63, 3.8) is 0 Å². The number of aliphatic hydroxyl groups excluding tert-OH is 1. The summed E-state index contributed by atoms with van der Waals surface area (Å²) < 4.78 is 18.1. The van der Waals surface area contributed by atoms with Gasteiger partial charge in [-0.3, -0.25) is 14.0 Å². The van der Waals surface area contributed by atoms with E-state index in [9.17, 15) is 5.11 Å². The molecule has 0 unspecified atom stereocenters. The number of rotatable bonds is 4. The Balaban J connectivity index is 1.75. The summed E-state index contributed by atoms with van der Waals surface area (Å²) in [5, 5.41) is 19.4. The summed E-state index contributed by atoms with van der Waals surface area (Å²) in [6, 6.07) is 1.83. The lowest BCUT2D eigenvalue weighted by Crippen LogP contribution is -2.32. The normalized spacial score (nSPS) is 17.9. The molecule has 0 aromatic carbocycles. The van der Waals surface area contributed by atoms with Gasteiger partial charge in [-0.05, 0) is 59.9 Å². The Morgan fingerprint density at radius 2 is 2.00 bits per heavy atom. The predicted molar refractivity (Wildman–Crippen MR) is 145 cm³/mol. The zero-order chi connectivity index (χ0) is 27.1. The van der Waals surface area contributed by atoms with Crippen LogP contribution in [0.2, 0.25) is 0 Å². The van der Waals surface area contributed by atoms with Crippen LogP contribution in [0.3, 0.4) is 0 Å². The molecule has 0 aliphatic carbocycles. The average Bonchev–Trinajstić information content (AvgIpc) is 3.51. The third-order valence-corrected chi connectivity index (χ3v) is 6.85. The van der Waals surface area contributed by atoms with Crippen LogP contribution < -0.4 is 9.47 Å². The van der Waals surface area contributed by atoms with Crippen LogP contribution in [-0.2, 0) is 13.6 Å². The van der Waals surface area contributed by atoms with Gasteiger partial charge in [-0.2, -0.15) is 5.10 Å². The van der Waals surface area contributed by atoms with Crippen molar-refractivity contribution in [2.24, 2.45) is 7.05 Å². The van der Waals surface area contributed by atoms with Crippen LogP contribution in [0.5, 0.6) is 11.8 Å². The highest BCUT2D eigenvalue weighted by molar-refractivity contribution is 5.81. The van der Waals surface area contributed by atoms with Gasteiger partial charge in [-0.25, -0.2) is 14.6 Å². The van der Waals surface area contributed by atoms with Crippen molar-refractivity contribution >= 4 is 17.7 Å². The predicted octanol–water partition coefficient (Wildman–Crippen LogP) is 3.28. The van der Waals surface area contributed by atoms with E-state index in [1.807, 2.05) is 62.0 Å². The SMILES string of the molecule is CCOc1nn([C@@H](C)CO)c2c1/C=C/c1ncn3c(C)nc(cc13)-c1c(C)nn(C)c1O[C@@H](C)CN(C)C2. The summed E-state index contributed by atoms with van der Waals surface area (Å²) in [6.07, 6.45) is 5.66. The number of likely N-dealkylation sites (N-methyl/N-ethyl adjacent to an activating group) is 1. The summed E-state index contributed by atoms with van der Waals surface area (Å²) in [5.74, 6) is 2.04.